The monoisotopic (exact) mass is 327 g/mol. The first-order chi connectivity index (χ1) is 9.27. The van der Waals surface area contributed by atoms with Gasteiger partial charge in [0.1, 0.15) is 0 Å². The van der Waals surface area contributed by atoms with E-state index in [4.69, 9.17) is 0 Å². The van der Waals surface area contributed by atoms with Crippen LogP contribution in [0.3, 0.4) is 0 Å². The maximum absolute atomic E-state index is 4.53. The molecule has 1 heterocycles. The Hall–Kier alpha value is -0.350. The van der Waals surface area contributed by atoms with Crippen LogP contribution in [-0.2, 0) is 6.54 Å². The standard InChI is InChI=1S/C15H26BrN3/c1-3-8-17-10-12-6-5-7-13(12)15-14(16)11-18-19(15)9-4-2/h11-13,17H,3-10H2,1-2H3. The van der Waals surface area contributed by atoms with Crippen molar-refractivity contribution in [3.8, 4) is 0 Å². The Labute approximate surface area is 125 Å². The molecule has 1 aliphatic carbocycles. The Balaban J connectivity index is 2.08. The molecule has 3 nitrogen and oxygen atoms in total. The van der Waals surface area contributed by atoms with E-state index < -0.39 is 0 Å². The van der Waals surface area contributed by atoms with Gasteiger partial charge in [0.15, 0.2) is 0 Å². The summed E-state index contributed by atoms with van der Waals surface area (Å²) in [7, 11) is 0. The fraction of sp³-hybridized carbons (Fsp3) is 0.800. The smallest absolute Gasteiger partial charge is 0.0635 e. The van der Waals surface area contributed by atoms with Gasteiger partial charge in [-0.05, 0) is 60.6 Å². The molecule has 2 atom stereocenters. The van der Waals surface area contributed by atoms with Crippen LogP contribution in [0.2, 0.25) is 0 Å². The summed E-state index contributed by atoms with van der Waals surface area (Å²) in [4.78, 5) is 0. The lowest BCUT2D eigenvalue weighted by atomic mass is 9.92. The number of nitrogens with one attached hydrogen (secondary N) is 1. The molecule has 1 saturated carbocycles. The van der Waals surface area contributed by atoms with Crippen LogP contribution in [0.25, 0.3) is 0 Å². The van der Waals surface area contributed by atoms with E-state index in [9.17, 15) is 0 Å². The third-order valence-electron chi connectivity index (χ3n) is 4.11. The molecule has 108 valence electrons. The molecule has 0 spiro atoms. The molecule has 4 heteroatoms. The quantitative estimate of drug-likeness (QED) is 0.769. The van der Waals surface area contributed by atoms with Gasteiger partial charge in [-0.2, -0.15) is 5.10 Å². The van der Waals surface area contributed by atoms with E-state index in [-0.39, 0.29) is 0 Å². The Kier molecular flexibility index (Phi) is 5.89. The highest BCUT2D eigenvalue weighted by molar-refractivity contribution is 9.10. The zero-order valence-corrected chi connectivity index (χ0v) is 13.7. The third-order valence-corrected chi connectivity index (χ3v) is 4.72. The normalized spacial score (nSPS) is 23.1. The van der Waals surface area contributed by atoms with Crippen molar-refractivity contribution in [1.29, 1.82) is 0 Å². The molecule has 0 radical (unpaired) electrons. The summed E-state index contributed by atoms with van der Waals surface area (Å²) in [6.45, 7) is 7.77. The molecular formula is C15H26BrN3. The van der Waals surface area contributed by atoms with Gasteiger partial charge in [-0.3, -0.25) is 4.68 Å². The minimum atomic E-state index is 0.674. The van der Waals surface area contributed by atoms with Gasteiger partial charge in [-0.15, -0.1) is 0 Å². The number of hydrogen-bond donors (Lipinski definition) is 1. The first kappa shape index (κ1) is 15.0. The van der Waals surface area contributed by atoms with Crippen LogP contribution >= 0.6 is 15.9 Å². The van der Waals surface area contributed by atoms with Crippen LogP contribution < -0.4 is 5.32 Å². The predicted molar refractivity (Wildman–Crippen MR) is 83.5 cm³/mol. The van der Waals surface area contributed by atoms with E-state index in [2.05, 4.69) is 44.9 Å². The highest BCUT2D eigenvalue weighted by atomic mass is 79.9. The largest absolute Gasteiger partial charge is 0.316 e. The Bertz CT molecular complexity index is 389. The lowest BCUT2D eigenvalue weighted by molar-refractivity contribution is 0.417. The SMILES string of the molecule is CCCNCC1CCCC1c1c(Br)cnn1CCC. The van der Waals surface area contributed by atoms with Crippen LogP contribution in [0.4, 0.5) is 0 Å². The fourth-order valence-electron chi connectivity index (χ4n) is 3.24. The molecule has 0 aromatic carbocycles. The van der Waals surface area contributed by atoms with Gasteiger partial charge in [0.2, 0.25) is 0 Å². The first-order valence-electron chi connectivity index (χ1n) is 7.69. The second-order valence-electron chi connectivity index (χ2n) is 5.60. The van der Waals surface area contributed by atoms with Crippen LogP contribution in [-0.4, -0.2) is 22.9 Å². The van der Waals surface area contributed by atoms with Crippen LogP contribution in [0, 0.1) is 5.92 Å². The van der Waals surface area contributed by atoms with Crippen molar-refractivity contribution in [2.45, 2.75) is 58.4 Å². The molecule has 1 aromatic rings. The second kappa shape index (κ2) is 7.44. The molecule has 2 unspecified atom stereocenters. The van der Waals surface area contributed by atoms with Gasteiger partial charge in [0.05, 0.1) is 16.4 Å². The van der Waals surface area contributed by atoms with Crippen LogP contribution in [0.5, 0.6) is 0 Å². The molecule has 0 bridgehead atoms. The number of hydrogen-bond acceptors (Lipinski definition) is 2. The van der Waals surface area contributed by atoms with Crippen LogP contribution in [0.15, 0.2) is 10.7 Å². The first-order valence-corrected chi connectivity index (χ1v) is 8.49. The van der Waals surface area contributed by atoms with E-state index in [1.807, 2.05) is 6.20 Å². The van der Waals surface area contributed by atoms with Gasteiger partial charge in [-0.1, -0.05) is 20.3 Å². The van der Waals surface area contributed by atoms with Crippen molar-refractivity contribution in [3.05, 3.63) is 16.4 Å². The number of nitrogens with zero attached hydrogens (tertiary/aromatic N) is 2. The minimum absolute atomic E-state index is 0.674. The van der Waals surface area contributed by atoms with Crippen molar-refractivity contribution in [1.82, 2.24) is 15.1 Å². The predicted octanol–water partition coefficient (Wildman–Crippen LogP) is 3.94. The molecule has 2 rings (SSSR count). The van der Waals surface area contributed by atoms with Crippen molar-refractivity contribution in [2.75, 3.05) is 13.1 Å². The average molecular weight is 328 g/mol. The zero-order chi connectivity index (χ0) is 13.7. The van der Waals surface area contributed by atoms with Gasteiger partial charge < -0.3 is 5.32 Å². The van der Waals surface area contributed by atoms with Crippen molar-refractivity contribution < 1.29 is 0 Å². The number of rotatable bonds is 7. The molecule has 0 amide bonds. The summed E-state index contributed by atoms with van der Waals surface area (Å²) in [6.07, 6.45) is 8.35. The topological polar surface area (TPSA) is 29.9 Å². The highest BCUT2D eigenvalue weighted by Gasteiger charge is 2.32. The molecule has 1 N–H and O–H groups in total. The fourth-order valence-corrected chi connectivity index (χ4v) is 3.83. The lowest BCUT2D eigenvalue weighted by Gasteiger charge is -2.22. The molecule has 1 aliphatic rings. The summed E-state index contributed by atoms with van der Waals surface area (Å²) in [5.41, 5.74) is 1.43. The summed E-state index contributed by atoms with van der Waals surface area (Å²) >= 11 is 3.70. The van der Waals surface area contributed by atoms with Crippen molar-refractivity contribution in [2.24, 2.45) is 5.92 Å². The molecule has 19 heavy (non-hydrogen) atoms. The molecule has 0 saturated heterocycles. The number of halogens is 1. The third kappa shape index (κ3) is 3.60. The van der Waals surface area contributed by atoms with E-state index in [1.54, 1.807) is 0 Å². The highest BCUT2D eigenvalue weighted by Crippen LogP contribution is 2.41. The second-order valence-corrected chi connectivity index (χ2v) is 6.46. The van der Waals surface area contributed by atoms with Crippen molar-refractivity contribution in [3.63, 3.8) is 0 Å². The van der Waals surface area contributed by atoms with Crippen LogP contribution in [0.1, 0.15) is 57.6 Å². The molecular weight excluding hydrogens is 302 g/mol. The molecule has 1 fully saturated rings. The summed E-state index contributed by atoms with van der Waals surface area (Å²) in [5.74, 6) is 1.45. The minimum Gasteiger partial charge on any atom is -0.316 e. The van der Waals surface area contributed by atoms with E-state index >= 15 is 0 Å². The van der Waals surface area contributed by atoms with Crippen molar-refractivity contribution >= 4 is 15.9 Å². The van der Waals surface area contributed by atoms with Gasteiger partial charge in [-0.25, -0.2) is 0 Å². The summed E-state index contributed by atoms with van der Waals surface area (Å²) < 4.78 is 3.42. The molecule has 1 aromatic heterocycles. The van der Waals surface area contributed by atoms with Gasteiger partial charge in [0, 0.05) is 12.5 Å². The lowest BCUT2D eigenvalue weighted by Crippen LogP contribution is -2.26. The van der Waals surface area contributed by atoms with Gasteiger partial charge in [0.25, 0.3) is 0 Å². The average Bonchev–Trinajstić information content (AvgIpc) is 2.97. The van der Waals surface area contributed by atoms with E-state index in [0.717, 1.165) is 32.0 Å². The molecule has 0 aliphatic heterocycles. The maximum atomic E-state index is 4.53. The number of aromatic nitrogens is 2. The van der Waals surface area contributed by atoms with Gasteiger partial charge >= 0.3 is 0 Å². The Morgan fingerprint density at radius 1 is 1.37 bits per heavy atom. The number of aryl methyl sites for hydroxylation is 1. The van der Waals surface area contributed by atoms with E-state index in [0.29, 0.717) is 5.92 Å². The summed E-state index contributed by atoms with van der Waals surface area (Å²) in [6, 6.07) is 0. The van der Waals surface area contributed by atoms with E-state index in [1.165, 1.54) is 35.8 Å². The maximum Gasteiger partial charge on any atom is 0.0635 e. The summed E-state index contributed by atoms with van der Waals surface area (Å²) in [5, 5.41) is 8.13. The zero-order valence-electron chi connectivity index (χ0n) is 12.2. The Morgan fingerprint density at radius 2 is 2.21 bits per heavy atom. The Morgan fingerprint density at radius 3 is 2.95 bits per heavy atom.